The Bertz CT molecular complexity index is 704. The number of nitrogens with one attached hydrogen (secondary N) is 2. The lowest BCUT2D eigenvalue weighted by Crippen LogP contribution is -2.29. The average Bonchev–Trinajstić information content (AvgIpc) is 2.64. The van der Waals surface area contributed by atoms with Gasteiger partial charge in [0.1, 0.15) is 11.4 Å². The second-order valence-electron chi connectivity index (χ2n) is 5.86. The topological polar surface area (TPSA) is 87.2 Å². The molecule has 132 valence electrons. The van der Waals surface area contributed by atoms with Gasteiger partial charge in [-0.3, -0.25) is 14.6 Å². The first-order valence-electron chi connectivity index (χ1n) is 8.13. The van der Waals surface area contributed by atoms with E-state index in [1.807, 2.05) is 26.2 Å². The molecule has 25 heavy (non-hydrogen) atoms. The third-order valence-electron chi connectivity index (χ3n) is 3.48. The van der Waals surface area contributed by atoms with E-state index in [1.54, 1.807) is 30.6 Å². The number of aromatic nitrogens is 2. The molecule has 0 aliphatic rings. The molecule has 0 unspecified atom stereocenters. The lowest BCUT2D eigenvalue weighted by molar-refractivity contribution is 0.0942. The molecular weight excluding hydrogens is 318 g/mol. The second-order valence-corrected chi connectivity index (χ2v) is 5.86. The molecule has 0 spiro atoms. The molecule has 0 radical (unpaired) electrons. The van der Waals surface area contributed by atoms with Gasteiger partial charge in [-0.05, 0) is 56.9 Å². The lowest BCUT2D eigenvalue weighted by atomic mass is 10.2. The van der Waals surface area contributed by atoms with Crippen LogP contribution in [0.3, 0.4) is 0 Å². The van der Waals surface area contributed by atoms with Gasteiger partial charge in [0, 0.05) is 25.5 Å². The van der Waals surface area contributed by atoms with Crippen LogP contribution in [0.5, 0.6) is 0 Å². The van der Waals surface area contributed by atoms with E-state index in [2.05, 4.69) is 25.5 Å². The molecule has 2 aromatic rings. The van der Waals surface area contributed by atoms with Crippen LogP contribution in [-0.4, -0.2) is 53.9 Å². The zero-order valence-corrected chi connectivity index (χ0v) is 14.5. The molecule has 7 heteroatoms. The highest BCUT2D eigenvalue weighted by atomic mass is 16.2. The molecule has 0 fully saturated rings. The van der Waals surface area contributed by atoms with Crippen molar-refractivity contribution in [2.24, 2.45) is 0 Å². The van der Waals surface area contributed by atoms with Crippen molar-refractivity contribution in [2.75, 3.05) is 27.2 Å². The van der Waals surface area contributed by atoms with Crippen LogP contribution in [0.1, 0.15) is 33.0 Å². The first-order chi connectivity index (χ1) is 12.1. The highest BCUT2D eigenvalue weighted by Crippen LogP contribution is 2.02. The minimum absolute atomic E-state index is 0.218. The molecule has 2 aromatic heterocycles. The van der Waals surface area contributed by atoms with E-state index in [0.29, 0.717) is 13.1 Å². The molecule has 0 saturated carbocycles. The molecule has 0 atom stereocenters. The fourth-order valence-electron chi connectivity index (χ4n) is 2.15. The zero-order chi connectivity index (χ0) is 18.1. The van der Waals surface area contributed by atoms with Crippen LogP contribution >= 0.6 is 0 Å². The predicted molar refractivity (Wildman–Crippen MR) is 95.1 cm³/mol. The number of amides is 2. The molecule has 0 aliphatic carbocycles. The van der Waals surface area contributed by atoms with Gasteiger partial charge in [0.05, 0.1) is 0 Å². The van der Waals surface area contributed by atoms with Crippen LogP contribution in [0.2, 0.25) is 0 Å². The van der Waals surface area contributed by atoms with E-state index in [9.17, 15) is 9.59 Å². The summed E-state index contributed by atoms with van der Waals surface area (Å²) in [5, 5.41) is 5.59. The molecule has 2 N–H and O–H groups in total. The zero-order valence-electron chi connectivity index (χ0n) is 14.5. The van der Waals surface area contributed by atoms with Crippen molar-refractivity contribution in [1.82, 2.24) is 25.5 Å². The van der Waals surface area contributed by atoms with Gasteiger partial charge in [-0.2, -0.15) is 0 Å². The summed E-state index contributed by atoms with van der Waals surface area (Å²) in [7, 11) is 3.97. The van der Waals surface area contributed by atoms with Gasteiger partial charge in [0.25, 0.3) is 11.8 Å². The maximum Gasteiger partial charge on any atom is 0.270 e. The quantitative estimate of drug-likeness (QED) is 0.702. The molecule has 0 saturated heterocycles. The highest BCUT2D eigenvalue weighted by molar-refractivity contribution is 5.96. The monoisotopic (exact) mass is 341 g/mol. The number of carbonyl (C=O) groups is 2. The summed E-state index contributed by atoms with van der Waals surface area (Å²) in [6.45, 7) is 1.84. The van der Waals surface area contributed by atoms with E-state index in [-0.39, 0.29) is 23.2 Å². The Morgan fingerprint density at radius 3 is 2.28 bits per heavy atom. The predicted octanol–water partition coefficient (Wildman–Crippen LogP) is 1.09. The number of rotatable bonds is 8. The third-order valence-corrected chi connectivity index (χ3v) is 3.48. The normalized spacial score (nSPS) is 10.5. The van der Waals surface area contributed by atoms with Crippen LogP contribution in [0.4, 0.5) is 0 Å². The molecule has 0 aliphatic heterocycles. The van der Waals surface area contributed by atoms with Crippen LogP contribution in [-0.2, 0) is 6.54 Å². The van der Waals surface area contributed by atoms with Crippen molar-refractivity contribution in [2.45, 2.75) is 13.0 Å². The molecule has 2 amide bonds. The van der Waals surface area contributed by atoms with Gasteiger partial charge in [-0.15, -0.1) is 0 Å². The summed E-state index contributed by atoms with van der Waals surface area (Å²) in [5.74, 6) is -0.596. The van der Waals surface area contributed by atoms with E-state index < -0.39 is 0 Å². The van der Waals surface area contributed by atoms with Gasteiger partial charge in [0.15, 0.2) is 0 Å². The van der Waals surface area contributed by atoms with Crippen molar-refractivity contribution in [1.29, 1.82) is 0 Å². The van der Waals surface area contributed by atoms with Gasteiger partial charge in [0.2, 0.25) is 0 Å². The van der Waals surface area contributed by atoms with Crippen molar-refractivity contribution >= 4 is 11.8 Å². The minimum atomic E-state index is -0.320. The van der Waals surface area contributed by atoms with E-state index in [4.69, 9.17) is 0 Å². The Kier molecular flexibility index (Phi) is 7.03. The smallest absolute Gasteiger partial charge is 0.270 e. The molecule has 2 heterocycles. The summed E-state index contributed by atoms with van der Waals surface area (Å²) >= 11 is 0. The van der Waals surface area contributed by atoms with Crippen LogP contribution in [0, 0.1) is 0 Å². The fraction of sp³-hybridized carbons (Fsp3) is 0.333. The van der Waals surface area contributed by atoms with Crippen molar-refractivity contribution < 1.29 is 9.59 Å². The second kappa shape index (κ2) is 9.48. The SMILES string of the molecule is CN(C)CCCNC(=O)c1cccc(C(=O)NCc2ccncc2)n1. The Hall–Kier alpha value is -2.80. The number of pyridine rings is 2. The Balaban J connectivity index is 1.88. The Morgan fingerprint density at radius 2 is 1.64 bits per heavy atom. The number of nitrogens with zero attached hydrogens (tertiary/aromatic N) is 3. The number of hydrogen-bond donors (Lipinski definition) is 2. The summed E-state index contributed by atoms with van der Waals surface area (Å²) in [6, 6.07) is 8.49. The maximum absolute atomic E-state index is 12.2. The average molecular weight is 341 g/mol. The maximum atomic E-state index is 12.2. The summed E-state index contributed by atoms with van der Waals surface area (Å²) < 4.78 is 0. The van der Waals surface area contributed by atoms with Gasteiger partial charge in [-0.1, -0.05) is 6.07 Å². The van der Waals surface area contributed by atoms with E-state index in [0.717, 1.165) is 18.5 Å². The van der Waals surface area contributed by atoms with Gasteiger partial charge in [-0.25, -0.2) is 4.98 Å². The summed E-state index contributed by atoms with van der Waals surface area (Å²) in [6.07, 6.45) is 4.19. The van der Waals surface area contributed by atoms with Crippen LogP contribution in [0.25, 0.3) is 0 Å². The summed E-state index contributed by atoms with van der Waals surface area (Å²) in [5.41, 5.74) is 1.40. The fourth-order valence-corrected chi connectivity index (χ4v) is 2.15. The lowest BCUT2D eigenvalue weighted by Gasteiger charge is -2.10. The van der Waals surface area contributed by atoms with Crippen molar-refractivity contribution in [3.8, 4) is 0 Å². The standard InChI is InChI=1S/C18H23N5O2/c1-23(2)12-4-9-20-17(24)15-5-3-6-16(22-15)18(25)21-13-14-7-10-19-11-8-14/h3,5-8,10-11H,4,9,12-13H2,1-2H3,(H,20,24)(H,21,25). The minimum Gasteiger partial charge on any atom is -0.351 e. The largest absolute Gasteiger partial charge is 0.351 e. The molecule has 0 bridgehead atoms. The molecular formula is C18H23N5O2. The van der Waals surface area contributed by atoms with E-state index >= 15 is 0 Å². The van der Waals surface area contributed by atoms with Crippen LogP contribution < -0.4 is 10.6 Å². The summed E-state index contributed by atoms with van der Waals surface area (Å²) in [4.78, 5) is 34.5. The Labute approximate surface area is 147 Å². The third kappa shape index (κ3) is 6.31. The van der Waals surface area contributed by atoms with Gasteiger partial charge < -0.3 is 15.5 Å². The van der Waals surface area contributed by atoms with Gasteiger partial charge >= 0.3 is 0 Å². The first-order valence-corrected chi connectivity index (χ1v) is 8.13. The Morgan fingerprint density at radius 1 is 1.00 bits per heavy atom. The first kappa shape index (κ1) is 18.5. The number of carbonyl (C=O) groups excluding carboxylic acids is 2. The van der Waals surface area contributed by atoms with Crippen LogP contribution in [0.15, 0.2) is 42.7 Å². The molecule has 0 aromatic carbocycles. The van der Waals surface area contributed by atoms with E-state index in [1.165, 1.54) is 0 Å². The number of hydrogen-bond acceptors (Lipinski definition) is 5. The molecule has 2 rings (SSSR count). The molecule has 7 nitrogen and oxygen atoms in total. The highest BCUT2D eigenvalue weighted by Gasteiger charge is 2.12. The van der Waals surface area contributed by atoms with Crippen molar-refractivity contribution in [3.63, 3.8) is 0 Å². The van der Waals surface area contributed by atoms with Crippen molar-refractivity contribution in [3.05, 3.63) is 59.7 Å².